The van der Waals surface area contributed by atoms with Gasteiger partial charge in [0.1, 0.15) is 0 Å². The number of carbonyl (C=O) groups is 1. The number of hydrogen-bond acceptors (Lipinski definition) is 4. The minimum Gasteiger partial charge on any atom is -0.372 e. The van der Waals surface area contributed by atoms with Crippen LogP contribution in [0, 0.1) is 0 Å². The number of nitrogens with zero attached hydrogens (tertiary/aromatic N) is 1. The molecule has 1 N–H and O–H groups in total. The summed E-state index contributed by atoms with van der Waals surface area (Å²) < 4.78 is 32.5. The molecule has 1 heterocycles. The maximum atomic E-state index is 12.6. The van der Waals surface area contributed by atoms with E-state index in [-0.39, 0.29) is 10.8 Å². The van der Waals surface area contributed by atoms with Crippen molar-refractivity contribution in [3.05, 3.63) is 101 Å². The minimum atomic E-state index is -3.48. The zero-order valence-electron chi connectivity index (χ0n) is 18.4. The molecule has 1 aliphatic heterocycles. The van der Waals surface area contributed by atoms with Crippen LogP contribution < -0.4 is 5.32 Å². The van der Waals surface area contributed by atoms with Crippen LogP contribution in [0.3, 0.4) is 0 Å². The zero-order chi connectivity index (χ0) is 23.1. The molecule has 4 rings (SSSR count). The molecule has 0 saturated carbocycles. The fourth-order valence-corrected chi connectivity index (χ4v) is 5.35. The van der Waals surface area contributed by atoms with Gasteiger partial charge in [-0.05, 0) is 53.8 Å². The molecule has 1 amide bonds. The van der Waals surface area contributed by atoms with Crippen molar-refractivity contribution in [2.75, 3.05) is 13.1 Å². The summed E-state index contributed by atoms with van der Waals surface area (Å²) in [4.78, 5) is 12.8. The van der Waals surface area contributed by atoms with Gasteiger partial charge in [0.05, 0.1) is 18.1 Å². The van der Waals surface area contributed by atoms with Crippen molar-refractivity contribution in [2.24, 2.45) is 0 Å². The zero-order valence-corrected chi connectivity index (χ0v) is 19.3. The Hall–Kier alpha value is -3.00. The average Bonchev–Trinajstić information content (AvgIpc) is 3.40. The Morgan fingerprint density at radius 2 is 1.45 bits per heavy atom. The lowest BCUT2D eigenvalue weighted by Gasteiger charge is -2.15. The van der Waals surface area contributed by atoms with Crippen LogP contribution in [0.2, 0.25) is 0 Å². The van der Waals surface area contributed by atoms with Crippen LogP contribution in [0.15, 0.2) is 83.8 Å². The Kier molecular flexibility index (Phi) is 7.54. The first-order valence-corrected chi connectivity index (χ1v) is 12.5. The molecule has 1 aliphatic rings. The predicted octanol–water partition coefficient (Wildman–Crippen LogP) is 4.12. The predicted molar refractivity (Wildman–Crippen MR) is 127 cm³/mol. The number of ether oxygens (including phenoxy) is 1. The molecule has 3 aromatic rings. The molecule has 0 unspecified atom stereocenters. The minimum absolute atomic E-state index is 0.226. The van der Waals surface area contributed by atoms with Gasteiger partial charge in [-0.25, -0.2) is 8.42 Å². The number of carbonyl (C=O) groups excluding carboxylic acids is 1. The Bertz CT molecular complexity index is 1170. The summed E-state index contributed by atoms with van der Waals surface area (Å²) in [6.07, 6.45) is 1.78. The van der Waals surface area contributed by atoms with Crippen LogP contribution in [0.5, 0.6) is 0 Å². The van der Waals surface area contributed by atoms with Gasteiger partial charge in [0.2, 0.25) is 10.0 Å². The summed E-state index contributed by atoms with van der Waals surface area (Å²) in [5, 5.41) is 2.90. The molecule has 0 atom stereocenters. The van der Waals surface area contributed by atoms with E-state index < -0.39 is 10.0 Å². The summed E-state index contributed by atoms with van der Waals surface area (Å²) >= 11 is 0. The fourth-order valence-electron chi connectivity index (χ4n) is 3.83. The van der Waals surface area contributed by atoms with Crippen molar-refractivity contribution in [3.8, 4) is 0 Å². The molecule has 172 valence electrons. The van der Waals surface area contributed by atoms with Gasteiger partial charge >= 0.3 is 0 Å². The molecule has 0 spiro atoms. The summed E-state index contributed by atoms with van der Waals surface area (Å²) in [6.45, 7) is 2.52. The summed E-state index contributed by atoms with van der Waals surface area (Å²) in [5.74, 6) is -0.245. The lowest BCUT2D eigenvalue weighted by atomic mass is 10.1. The van der Waals surface area contributed by atoms with Crippen molar-refractivity contribution in [3.63, 3.8) is 0 Å². The number of amides is 1. The number of nitrogens with one attached hydrogen (secondary N) is 1. The highest BCUT2D eigenvalue weighted by molar-refractivity contribution is 7.89. The Morgan fingerprint density at radius 1 is 0.818 bits per heavy atom. The molecule has 1 fully saturated rings. The molecule has 6 nitrogen and oxygen atoms in total. The molecule has 1 saturated heterocycles. The lowest BCUT2D eigenvalue weighted by molar-refractivity contribution is 0.0950. The highest BCUT2D eigenvalue weighted by Gasteiger charge is 2.27. The Balaban J connectivity index is 1.30. The third kappa shape index (κ3) is 6.07. The van der Waals surface area contributed by atoms with Crippen LogP contribution in [0.1, 0.15) is 39.9 Å². The van der Waals surface area contributed by atoms with E-state index >= 15 is 0 Å². The van der Waals surface area contributed by atoms with E-state index in [1.807, 2.05) is 54.6 Å². The summed E-state index contributed by atoms with van der Waals surface area (Å²) in [5.41, 5.74) is 3.56. The maximum Gasteiger partial charge on any atom is 0.251 e. The van der Waals surface area contributed by atoms with Crippen LogP contribution in [0.25, 0.3) is 0 Å². The van der Waals surface area contributed by atoms with Gasteiger partial charge in [-0.1, -0.05) is 54.6 Å². The van der Waals surface area contributed by atoms with E-state index in [9.17, 15) is 13.2 Å². The lowest BCUT2D eigenvalue weighted by Crippen LogP contribution is -2.28. The first-order valence-electron chi connectivity index (χ1n) is 11.1. The van der Waals surface area contributed by atoms with E-state index in [1.165, 1.54) is 16.4 Å². The van der Waals surface area contributed by atoms with Gasteiger partial charge < -0.3 is 10.1 Å². The van der Waals surface area contributed by atoms with E-state index in [1.54, 1.807) is 12.1 Å². The van der Waals surface area contributed by atoms with Crippen molar-refractivity contribution >= 4 is 15.9 Å². The van der Waals surface area contributed by atoms with Crippen molar-refractivity contribution in [1.82, 2.24) is 9.62 Å². The van der Waals surface area contributed by atoms with Crippen molar-refractivity contribution in [1.29, 1.82) is 0 Å². The van der Waals surface area contributed by atoms with Gasteiger partial charge in [-0.2, -0.15) is 4.31 Å². The third-order valence-corrected chi connectivity index (χ3v) is 7.56. The van der Waals surface area contributed by atoms with Gasteiger partial charge in [-0.3, -0.25) is 4.79 Å². The van der Waals surface area contributed by atoms with Crippen LogP contribution in [-0.2, 0) is 34.5 Å². The van der Waals surface area contributed by atoms with Gasteiger partial charge in [0, 0.05) is 25.2 Å². The number of sulfonamides is 1. The molecule has 3 aromatic carbocycles. The van der Waals surface area contributed by atoms with E-state index in [0.29, 0.717) is 38.4 Å². The first-order chi connectivity index (χ1) is 16.0. The largest absolute Gasteiger partial charge is 0.372 e. The standard InChI is InChI=1S/C26H28N2O4S/c29-26(24-11-13-25(14-12-24)33(30,31)28-15-4-5-16-28)27-18-22-9-6-10-23(17-22)20-32-19-21-7-2-1-3-8-21/h1-3,6-14,17H,4-5,15-16,18-20H2,(H,27,29). The molecule has 0 aliphatic carbocycles. The quantitative estimate of drug-likeness (QED) is 0.517. The monoisotopic (exact) mass is 464 g/mol. The van der Waals surface area contributed by atoms with Crippen LogP contribution >= 0.6 is 0 Å². The number of hydrogen-bond donors (Lipinski definition) is 1. The van der Waals surface area contributed by atoms with Gasteiger partial charge in [0.25, 0.3) is 5.91 Å². The normalized spacial score (nSPS) is 14.3. The second kappa shape index (κ2) is 10.7. The Labute approximate surface area is 195 Å². The van der Waals surface area contributed by atoms with E-state index in [2.05, 4.69) is 5.32 Å². The SMILES string of the molecule is O=C(NCc1cccc(COCc2ccccc2)c1)c1ccc(S(=O)(=O)N2CCCC2)cc1. The summed E-state index contributed by atoms with van der Waals surface area (Å²) in [7, 11) is -3.48. The van der Waals surface area contributed by atoms with Crippen molar-refractivity contribution < 1.29 is 17.9 Å². The molecule has 0 aromatic heterocycles. The smallest absolute Gasteiger partial charge is 0.251 e. The molecular formula is C26H28N2O4S. The van der Waals surface area contributed by atoms with Crippen LogP contribution in [-0.4, -0.2) is 31.7 Å². The molecule has 7 heteroatoms. The molecule has 0 radical (unpaired) electrons. The molecular weight excluding hydrogens is 436 g/mol. The second-order valence-electron chi connectivity index (χ2n) is 8.12. The number of rotatable bonds is 9. The van der Waals surface area contributed by atoms with Crippen molar-refractivity contribution in [2.45, 2.75) is 37.5 Å². The highest BCUT2D eigenvalue weighted by Crippen LogP contribution is 2.21. The topological polar surface area (TPSA) is 75.7 Å². The molecule has 0 bridgehead atoms. The molecule has 33 heavy (non-hydrogen) atoms. The van der Waals surface area contributed by atoms with E-state index in [4.69, 9.17) is 4.74 Å². The highest BCUT2D eigenvalue weighted by atomic mass is 32.2. The average molecular weight is 465 g/mol. The second-order valence-corrected chi connectivity index (χ2v) is 10.1. The first kappa shape index (κ1) is 23.2. The Morgan fingerprint density at radius 3 is 2.18 bits per heavy atom. The van der Waals surface area contributed by atoms with Crippen LogP contribution in [0.4, 0.5) is 0 Å². The van der Waals surface area contributed by atoms with Gasteiger partial charge in [-0.15, -0.1) is 0 Å². The number of benzene rings is 3. The van der Waals surface area contributed by atoms with Gasteiger partial charge in [0.15, 0.2) is 0 Å². The fraction of sp³-hybridized carbons (Fsp3) is 0.269. The summed E-state index contributed by atoms with van der Waals surface area (Å²) in [6, 6.07) is 24.1. The third-order valence-electron chi connectivity index (χ3n) is 5.64. The maximum absolute atomic E-state index is 12.6. The van der Waals surface area contributed by atoms with E-state index in [0.717, 1.165) is 29.5 Å².